The van der Waals surface area contributed by atoms with Crippen LogP contribution in [0.25, 0.3) is 22.1 Å². The van der Waals surface area contributed by atoms with Crippen LogP contribution >= 0.6 is 0 Å². The van der Waals surface area contributed by atoms with Crippen LogP contribution in [0.15, 0.2) is 35.0 Å². The van der Waals surface area contributed by atoms with Crippen LogP contribution in [0.1, 0.15) is 17.7 Å². The molecule has 3 N–H and O–H groups in total. The average molecular weight is 347 g/mol. The Morgan fingerprint density at radius 1 is 1.31 bits per heavy atom. The van der Waals surface area contributed by atoms with E-state index in [0.717, 1.165) is 41.0 Å². The number of rotatable bonds is 5. The van der Waals surface area contributed by atoms with Crippen molar-refractivity contribution in [1.82, 2.24) is 20.2 Å². The minimum absolute atomic E-state index is 0.246. The van der Waals surface area contributed by atoms with Crippen molar-refractivity contribution in [3.63, 3.8) is 0 Å². The van der Waals surface area contributed by atoms with Gasteiger partial charge in [-0.1, -0.05) is 12.1 Å². The lowest BCUT2D eigenvalue weighted by molar-refractivity contribution is 0.660. The quantitative estimate of drug-likeness (QED) is 0.569. The molecule has 4 rings (SSSR count). The summed E-state index contributed by atoms with van der Waals surface area (Å²) in [4.78, 5) is 10.8. The predicted octanol–water partition coefficient (Wildman–Crippen LogP) is 2.62. The third-order valence-electron chi connectivity index (χ3n) is 4.40. The molecule has 8 nitrogen and oxygen atoms in total. The van der Waals surface area contributed by atoms with Gasteiger partial charge in [-0.2, -0.15) is 10.4 Å². The lowest BCUT2D eigenvalue weighted by atomic mass is 10.1. The third-order valence-corrected chi connectivity index (χ3v) is 4.40. The zero-order valence-electron chi connectivity index (χ0n) is 14.2. The van der Waals surface area contributed by atoms with Gasteiger partial charge in [-0.3, -0.25) is 5.10 Å². The normalized spacial score (nSPS) is 11.1. The van der Waals surface area contributed by atoms with E-state index in [0.29, 0.717) is 17.6 Å². The molecule has 0 aliphatic carbocycles. The fraction of sp³-hybridized carbons (Fsp3) is 0.222. The maximum atomic E-state index is 9.13. The van der Waals surface area contributed by atoms with Crippen LogP contribution in [-0.2, 0) is 6.42 Å². The molecule has 0 radical (unpaired) electrons. The SMILES string of the molecule is CN(CCCc1[nH]nc(N)c1C#N)c1ncnc2c1oc1ccccc12. The number of nitrogens with zero attached hydrogens (tertiary/aromatic N) is 5. The van der Waals surface area contributed by atoms with E-state index in [-0.39, 0.29) is 5.82 Å². The van der Waals surface area contributed by atoms with Crippen molar-refractivity contribution in [3.8, 4) is 6.07 Å². The minimum atomic E-state index is 0.246. The van der Waals surface area contributed by atoms with E-state index in [1.807, 2.05) is 36.2 Å². The summed E-state index contributed by atoms with van der Waals surface area (Å²) in [6.45, 7) is 0.729. The van der Waals surface area contributed by atoms with Crippen molar-refractivity contribution < 1.29 is 4.42 Å². The molecule has 0 unspecified atom stereocenters. The van der Waals surface area contributed by atoms with E-state index < -0.39 is 0 Å². The summed E-state index contributed by atoms with van der Waals surface area (Å²) in [5.74, 6) is 0.992. The van der Waals surface area contributed by atoms with Gasteiger partial charge in [0, 0.05) is 19.0 Å². The molecular formula is C18H17N7O. The molecule has 0 aliphatic rings. The first-order valence-electron chi connectivity index (χ1n) is 8.25. The van der Waals surface area contributed by atoms with Crippen molar-refractivity contribution >= 4 is 33.7 Å². The smallest absolute Gasteiger partial charge is 0.196 e. The van der Waals surface area contributed by atoms with Crippen LogP contribution in [0.4, 0.5) is 11.6 Å². The highest BCUT2D eigenvalue weighted by Gasteiger charge is 2.16. The molecule has 8 heteroatoms. The zero-order valence-corrected chi connectivity index (χ0v) is 14.2. The van der Waals surface area contributed by atoms with E-state index >= 15 is 0 Å². The van der Waals surface area contributed by atoms with Crippen molar-refractivity contribution in [2.45, 2.75) is 12.8 Å². The second-order valence-corrected chi connectivity index (χ2v) is 6.07. The highest BCUT2D eigenvalue weighted by molar-refractivity contribution is 6.05. The second kappa shape index (κ2) is 6.37. The van der Waals surface area contributed by atoms with E-state index in [2.05, 4.69) is 26.2 Å². The Morgan fingerprint density at radius 2 is 2.15 bits per heavy atom. The molecule has 0 saturated carbocycles. The van der Waals surface area contributed by atoms with Crippen molar-refractivity contribution in [2.24, 2.45) is 0 Å². The number of benzene rings is 1. The number of nitrogens with two attached hydrogens (primary N) is 1. The molecule has 130 valence electrons. The summed E-state index contributed by atoms with van der Waals surface area (Å²) in [5, 5.41) is 16.8. The zero-order chi connectivity index (χ0) is 18.1. The number of aromatic nitrogens is 4. The Kier molecular flexibility index (Phi) is 3.89. The number of aryl methyl sites for hydroxylation is 1. The van der Waals surface area contributed by atoms with Gasteiger partial charge < -0.3 is 15.1 Å². The van der Waals surface area contributed by atoms with Crippen LogP contribution in [0.3, 0.4) is 0 Å². The fourth-order valence-electron chi connectivity index (χ4n) is 3.08. The summed E-state index contributed by atoms with van der Waals surface area (Å²) < 4.78 is 5.97. The number of nitriles is 1. The predicted molar refractivity (Wildman–Crippen MR) is 98.6 cm³/mol. The summed E-state index contributed by atoms with van der Waals surface area (Å²) in [6, 6.07) is 9.90. The Morgan fingerprint density at radius 3 is 3.00 bits per heavy atom. The van der Waals surface area contributed by atoms with Crippen LogP contribution < -0.4 is 10.6 Å². The highest BCUT2D eigenvalue weighted by Crippen LogP contribution is 2.31. The number of H-pyrrole nitrogens is 1. The number of hydrogen-bond acceptors (Lipinski definition) is 7. The number of nitrogen functional groups attached to an aromatic ring is 1. The molecule has 0 spiro atoms. The van der Waals surface area contributed by atoms with Crippen molar-refractivity contribution in [1.29, 1.82) is 5.26 Å². The van der Waals surface area contributed by atoms with E-state index in [4.69, 9.17) is 15.4 Å². The van der Waals surface area contributed by atoms with E-state index in [1.54, 1.807) is 6.33 Å². The maximum absolute atomic E-state index is 9.13. The fourth-order valence-corrected chi connectivity index (χ4v) is 3.08. The van der Waals surface area contributed by atoms with Crippen LogP contribution in [0.5, 0.6) is 0 Å². The second-order valence-electron chi connectivity index (χ2n) is 6.07. The minimum Gasteiger partial charge on any atom is -0.450 e. The van der Waals surface area contributed by atoms with E-state index in [9.17, 15) is 0 Å². The number of aromatic amines is 1. The Balaban J connectivity index is 1.55. The molecule has 0 fully saturated rings. The van der Waals surface area contributed by atoms with Gasteiger partial charge in [0.2, 0.25) is 0 Å². The van der Waals surface area contributed by atoms with E-state index in [1.165, 1.54) is 0 Å². The maximum Gasteiger partial charge on any atom is 0.196 e. The molecule has 0 amide bonds. The van der Waals surface area contributed by atoms with Gasteiger partial charge in [0.15, 0.2) is 17.2 Å². The molecule has 1 aromatic carbocycles. The molecule has 3 aromatic heterocycles. The molecular weight excluding hydrogens is 330 g/mol. The Hall–Kier alpha value is -3.60. The molecule has 3 heterocycles. The number of anilines is 2. The van der Waals surface area contributed by atoms with Gasteiger partial charge in [-0.25, -0.2) is 9.97 Å². The first-order chi connectivity index (χ1) is 12.7. The van der Waals surface area contributed by atoms with Crippen LogP contribution in [0, 0.1) is 11.3 Å². The molecule has 0 atom stereocenters. The monoisotopic (exact) mass is 347 g/mol. The molecule has 0 bridgehead atoms. The van der Waals surface area contributed by atoms with Gasteiger partial charge in [0.1, 0.15) is 29.1 Å². The molecule has 4 aromatic rings. The molecule has 26 heavy (non-hydrogen) atoms. The first kappa shape index (κ1) is 15.9. The number of para-hydroxylation sites is 1. The van der Waals surface area contributed by atoms with Gasteiger partial charge in [0.05, 0.1) is 5.69 Å². The molecule has 0 saturated heterocycles. The van der Waals surface area contributed by atoms with Crippen molar-refractivity contribution in [2.75, 3.05) is 24.2 Å². The lowest BCUT2D eigenvalue weighted by Crippen LogP contribution is -2.20. The van der Waals surface area contributed by atoms with Gasteiger partial charge in [-0.15, -0.1) is 0 Å². The summed E-state index contributed by atoms with van der Waals surface area (Å²) in [7, 11) is 1.96. The Bertz CT molecular complexity index is 1120. The number of nitrogens with one attached hydrogen (secondary N) is 1. The van der Waals surface area contributed by atoms with Crippen LogP contribution in [0.2, 0.25) is 0 Å². The van der Waals surface area contributed by atoms with Gasteiger partial charge in [0.25, 0.3) is 0 Å². The Labute approximate surface area is 149 Å². The summed E-state index contributed by atoms with van der Waals surface area (Å²) in [6.07, 6.45) is 3.03. The third kappa shape index (κ3) is 2.59. The number of furan rings is 1. The van der Waals surface area contributed by atoms with Gasteiger partial charge >= 0.3 is 0 Å². The lowest BCUT2D eigenvalue weighted by Gasteiger charge is -2.17. The van der Waals surface area contributed by atoms with Crippen LogP contribution in [-0.4, -0.2) is 33.8 Å². The number of fused-ring (bicyclic) bond motifs is 3. The largest absolute Gasteiger partial charge is 0.450 e. The van der Waals surface area contributed by atoms with Gasteiger partial charge in [-0.05, 0) is 25.0 Å². The summed E-state index contributed by atoms with van der Waals surface area (Å²) >= 11 is 0. The topological polar surface area (TPSA) is 121 Å². The average Bonchev–Trinajstić information content (AvgIpc) is 3.21. The van der Waals surface area contributed by atoms with Crippen molar-refractivity contribution in [3.05, 3.63) is 41.9 Å². The molecule has 0 aliphatic heterocycles. The standard InChI is InChI=1S/C18H17N7O/c1-25(8-4-6-13-12(9-19)17(20)24-23-13)18-16-15(21-10-22-18)11-5-2-3-7-14(11)26-16/h2-3,5,7,10H,4,6,8H2,1H3,(H3,20,23,24). The highest BCUT2D eigenvalue weighted by atomic mass is 16.3. The summed E-state index contributed by atoms with van der Waals surface area (Å²) in [5.41, 5.74) is 9.14. The number of hydrogen-bond donors (Lipinski definition) is 2. The first-order valence-corrected chi connectivity index (χ1v) is 8.25.